The van der Waals surface area contributed by atoms with Crippen molar-refractivity contribution in [3.63, 3.8) is 0 Å². The van der Waals surface area contributed by atoms with Gasteiger partial charge in [0, 0.05) is 18.2 Å². The molecule has 0 spiro atoms. The molecule has 6 heteroatoms. The van der Waals surface area contributed by atoms with E-state index in [-0.39, 0.29) is 12.2 Å². The lowest BCUT2D eigenvalue weighted by molar-refractivity contribution is 0.0880. The summed E-state index contributed by atoms with van der Waals surface area (Å²) in [4.78, 5) is 26.4. The molecule has 0 bridgehead atoms. The van der Waals surface area contributed by atoms with E-state index < -0.39 is 17.6 Å². The average Bonchev–Trinajstić information content (AvgIpc) is 2.21. The molecule has 0 fully saturated rings. The number of aromatic nitrogens is 2. The summed E-state index contributed by atoms with van der Waals surface area (Å²) in [7, 11) is 0. The van der Waals surface area contributed by atoms with Gasteiger partial charge in [-0.3, -0.25) is 4.79 Å². The summed E-state index contributed by atoms with van der Waals surface area (Å²) in [6.07, 6.45) is 6.61. The highest BCUT2D eigenvalue weighted by Gasteiger charge is 2.14. The van der Waals surface area contributed by atoms with Crippen LogP contribution in [0.15, 0.2) is 11.0 Å². The molecule has 1 aromatic heterocycles. The Balaban J connectivity index is 3.31. The largest absolute Gasteiger partial charge is 0.383 e. The van der Waals surface area contributed by atoms with Gasteiger partial charge in [0.15, 0.2) is 0 Å². The van der Waals surface area contributed by atoms with Crippen molar-refractivity contribution in [2.24, 2.45) is 5.73 Å². The lowest BCUT2D eigenvalue weighted by atomic mass is 10.2. The second-order valence-electron chi connectivity index (χ2n) is 3.31. The van der Waals surface area contributed by atoms with Crippen LogP contribution in [0.3, 0.4) is 0 Å². The van der Waals surface area contributed by atoms with Gasteiger partial charge in [0.2, 0.25) is 0 Å². The molecule has 1 rings (SSSR count). The zero-order valence-electron chi connectivity index (χ0n) is 8.80. The molecule has 0 saturated heterocycles. The normalized spacial score (nSPS) is 11.8. The number of nitrogens with zero attached hydrogens (tertiary/aromatic N) is 2. The predicted octanol–water partition coefficient (Wildman–Crippen LogP) is -1.01. The van der Waals surface area contributed by atoms with Crippen LogP contribution in [0.25, 0.3) is 0 Å². The Labute approximate surface area is 92.3 Å². The van der Waals surface area contributed by atoms with Gasteiger partial charge in [-0.1, -0.05) is 0 Å². The first-order valence-electron chi connectivity index (χ1n) is 4.58. The number of carbonyl (C=O) groups is 1. The molecule has 1 heterocycles. The minimum atomic E-state index is -0.790. The molecular formula is C10H12N4O2. The molecule has 0 aliphatic carbocycles. The monoisotopic (exact) mass is 220 g/mol. The van der Waals surface area contributed by atoms with Crippen molar-refractivity contribution in [2.45, 2.75) is 19.4 Å². The fraction of sp³-hybridized carbons (Fsp3) is 0.300. The van der Waals surface area contributed by atoms with Crippen molar-refractivity contribution in [3.8, 4) is 12.3 Å². The fourth-order valence-corrected chi connectivity index (χ4v) is 1.13. The van der Waals surface area contributed by atoms with Crippen molar-refractivity contribution >= 4 is 11.7 Å². The van der Waals surface area contributed by atoms with Crippen LogP contribution >= 0.6 is 0 Å². The van der Waals surface area contributed by atoms with Gasteiger partial charge in [0.05, 0.1) is 6.04 Å². The SMILES string of the molecule is C#CCc1cn(C(=O)C(C)N)c(=O)nc1N. The van der Waals surface area contributed by atoms with Gasteiger partial charge in [-0.15, -0.1) is 12.3 Å². The zero-order valence-corrected chi connectivity index (χ0v) is 8.80. The molecule has 1 atom stereocenters. The molecule has 16 heavy (non-hydrogen) atoms. The van der Waals surface area contributed by atoms with E-state index in [4.69, 9.17) is 17.9 Å². The van der Waals surface area contributed by atoms with E-state index in [9.17, 15) is 9.59 Å². The van der Waals surface area contributed by atoms with Crippen LogP contribution in [0.1, 0.15) is 17.3 Å². The van der Waals surface area contributed by atoms with Crippen LogP contribution in [-0.4, -0.2) is 21.5 Å². The van der Waals surface area contributed by atoms with E-state index in [1.165, 1.54) is 13.1 Å². The second kappa shape index (κ2) is 4.59. The van der Waals surface area contributed by atoms with Crippen LogP contribution in [0.4, 0.5) is 5.82 Å². The topological polar surface area (TPSA) is 104 Å². The Morgan fingerprint density at radius 1 is 1.75 bits per heavy atom. The number of hydrogen-bond acceptors (Lipinski definition) is 5. The number of rotatable bonds is 2. The third-order valence-electron chi connectivity index (χ3n) is 1.96. The van der Waals surface area contributed by atoms with Crippen LogP contribution < -0.4 is 17.2 Å². The Morgan fingerprint density at radius 2 is 2.38 bits per heavy atom. The molecule has 1 aromatic rings. The van der Waals surface area contributed by atoms with E-state index in [2.05, 4.69) is 10.9 Å². The van der Waals surface area contributed by atoms with Crippen molar-refractivity contribution < 1.29 is 4.79 Å². The van der Waals surface area contributed by atoms with Crippen molar-refractivity contribution in [1.29, 1.82) is 0 Å². The number of nitrogen functional groups attached to an aromatic ring is 1. The summed E-state index contributed by atoms with van der Waals surface area (Å²) in [6, 6.07) is -0.790. The summed E-state index contributed by atoms with van der Waals surface area (Å²) in [5.41, 5.74) is 10.6. The molecule has 0 radical (unpaired) electrons. The Kier molecular flexibility index (Phi) is 3.43. The first kappa shape index (κ1) is 11.9. The first-order valence-corrected chi connectivity index (χ1v) is 4.58. The Bertz CT molecular complexity index is 511. The van der Waals surface area contributed by atoms with Crippen molar-refractivity contribution in [3.05, 3.63) is 22.2 Å². The molecule has 84 valence electrons. The molecule has 0 saturated carbocycles. The molecule has 0 aromatic carbocycles. The molecule has 0 aliphatic heterocycles. The number of carbonyl (C=O) groups excluding carboxylic acids is 1. The van der Waals surface area contributed by atoms with Crippen LogP contribution in [0.5, 0.6) is 0 Å². The van der Waals surface area contributed by atoms with Crippen LogP contribution in [0, 0.1) is 12.3 Å². The number of terminal acetylenes is 1. The lowest BCUT2D eigenvalue weighted by Gasteiger charge is -2.08. The zero-order chi connectivity index (χ0) is 12.3. The third-order valence-corrected chi connectivity index (χ3v) is 1.96. The smallest absolute Gasteiger partial charge is 0.356 e. The maximum Gasteiger partial charge on any atom is 0.356 e. The maximum absolute atomic E-state index is 11.5. The highest BCUT2D eigenvalue weighted by atomic mass is 16.2. The van der Waals surface area contributed by atoms with Gasteiger partial charge < -0.3 is 11.5 Å². The first-order chi connectivity index (χ1) is 7.47. The Hall–Kier alpha value is -2.13. The number of nitrogens with two attached hydrogens (primary N) is 2. The minimum absolute atomic E-state index is 0.0386. The summed E-state index contributed by atoms with van der Waals surface area (Å²) < 4.78 is 0.827. The molecule has 4 N–H and O–H groups in total. The summed E-state index contributed by atoms with van der Waals surface area (Å²) in [5, 5.41) is 0. The summed E-state index contributed by atoms with van der Waals surface area (Å²) >= 11 is 0. The van der Waals surface area contributed by atoms with E-state index in [0.717, 1.165) is 4.57 Å². The van der Waals surface area contributed by atoms with Gasteiger partial charge >= 0.3 is 5.69 Å². The minimum Gasteiger partial charge on any atom is -0.383 e. The third kappa shape index (κ3) is 2.27. The second-order valence-corrected chi connectivity index (χ2v) is 3.31. The highest BCUT2D eigenvalue weighted by molar-refractivity contribution is 5.83. The Morgan fingerprint density at radius 3 is 2.88 bits per heavy atom. The van der Waals surface area contributed by atoms with Crippen molar-refractivity contribution in [2.75, 3.05) is 5.73 Å². The molecular weight excluding hydrogens is 208 g/mol. The highest BCUT2D eigenvalue weighted by Crippen LogP contribution is 2.05. The van der Waals surface area contributed by atoms with Gasteiger partial charge in [0.1, 0.15) is 5.82 Å². The lowest BCUT2D eigenvalue weighted by Crippen LogP contribution is -2.39. The molecule has 1 unspecified atom stereocenters. The van der Waals surface area contributed by atoms with Gasteiger partial charge in [-0.05, 0) is 6.92 Å². The van der Waals surface area contributed by atoms with E-state index >= 15 is 0 Å². The number of hydrogen-bond donors (Lipinski definition) is 2. The van der Waals surface area contributed by atoms with E-state index in [1.807, 2.05) is 0 Å². The van der Waals surface area contributed by atoms with Gasteiger partial charge in [-0.25, -0.2) is 9.36 Å². The maximum atomic E-state index is 11.5. The average molecular weight is 220 g/mol. The fourth-order valence-electron chi connectivity index (χ4n) is 1.13. The van der Waals surface area contributed by atoms with Gasteiger partial charge in [0.25, 0.3) is 5.91 Å². The predicted molar refractivity (Wildman–Crippen MR) is 59.7 cm³/mol. The summed E-state index contributed by atoms with van der Waals surface area (Å²) in [6.45, 7) is 1.48. The van der Waals surface area contributed by atoms with Gasteiger partial charge in [-0.2, -0.15) is 4.98 Å². The number of anilines is 1. The standard InChI is InChI=1S/C10H12N4O2/c1-3-4-7-5-14(9(15)6(2)11)10(16)13-8(7)12/h1,5-6H,4,11H2,2H3,(H2,12,13,16). The quantitative estimate of drug-likeness (QED) is 0.621. The molecule has 0 amide bonds. The van der Waals surface area contributed by atoms with Crippen LogP contribution in [-0.2, 0) is 6.42 Å². The van der Waals surface area contributed by atoms with Crippen LogP contribution in [0.2, 0.25) is 0 Å². The molecule has 0 aliphatic rings. The summed E-state index contributed by atoms with van der Waals surface area (Å²) in [5.74, 6) is 1.85. The van der Waals surface area contributed by atoms with E-state index in [0.29, 0.717) is 5.56 Å². The van der Waals surface area contributed by atoms with E-state index in [1.54, 1.807) is 0 Å². The van der Waals surface area contributed by atoms with Crippen molar-refractivity contribution in [1.82, 2.24) is 9.55 Å². The molecule has 6 nitrogen and oxygen atoms in total.